The molecule has 1 aliphatic heterocycles. The number of ether oxygens (including phenoxy) is 1. The maximum Gasteiger partial charge on any atom is 0.233 e. The molecule has 6 rings (SSSR count). The van der Waals surface area contributed by atoms with Gasteiger partial charge in [-0.2, -0.15) is 0 Å². The van der Waals surface area contributed by atoms with Gasteiger partial charge in [-0.15, -0.1) is 10.2 Å². The number of carbonyl (C=O) groups excluding carboxylic acids is 1. The lowest BCUT2D eigenvalue weighted by Crippen LogP contribution is -2.48. The number of nitrogens with zero attached hydrogens (tertiary/aromatic N) is 4. The van der Waals surface area contributed by atoms with Gasteiger partial charge >= 0.3 is 0 Å². The van der Waals surface area contributed by atoms with Crippen molar-refractivity contribution in [2.45, 2.75) is 81.6 Å². The topological polar surface area (TPSA) is 60.2 Å². The predicted molar refractivity (Wildman–Crippen MR) is 122 cm³/mol. The van der Waals surface area contributed by atoms with Crippen molar-refractivity contribution in [1.82, 2.24) is 19.7 Å². The minimum Gasteiger partial charge on any atom is -0.497 e. The lowest BCUT2D eigenvalue weighted by atomic mass is 9.62. The molecule has 1 atom stereocenters. The van der Waals surface area contributed by atoms with Crippen LogP contribution in [0.25, 0.3) is 0 Å². The van der Waals surface area contributed by atoms with Crippen LogP contribution in [0.5, 0.6) is 5.75 Å². The van der Waals surface area contributed by atoms with E-state index in [1.165, 1.54) is 38.5 Å². The third kappa shape index (κ3) is 3.09. The van der Waals surface area contributed by atoms with Crippen LogP contribution in [0.4, 0.5) is 0 Å². The molecular weight excluding hydrogens is 400 g/mol. The molecule has 0 radical (unpaired) electrons. The number of benzene rings is 1. The minimum atomic E-state index is -0.394. The molecular formula is C26H34N4O2. The molecule has 1 spiro atoms. The molecule has 6 heteroatoms. The largest absolute Gasteiger partial charge is 0.497 e. The van der Waals surface area contributed by atoms with Crippen molar-refractivity contribution in [2.24, 2.45) is 5.41 Å². The maximum absolute atomic E-state index is 14.3. The molecule has 6 nitrogen and oxygen atoms in total. The first kappa shape index (κ1) is 20.3. The monoisotopic (exact) mass is 434 g/mol. The Morgan fingerprint density at radius 1 is 1.03 bits per heavy atom. The van der Waals surface area contributed by atoms with Crippen molar-refractivity contribution in [1.29, 1.82) is 0 Å². The molecule has 0 bridgehead atoms. The number of amides is 1. The fourth-order valence-corrected chi connectivity index (χ4v) is 6.75. The molecule has 32 heavy (non-hydrogen) atoms. The number of methoxy groups -OCH3 is 1. The van der Waals surface area contributed by atoms with Crippen LogP contribution in [0.15, 0.2) is 30.6 Å². The highest BCUT2D eigenvalue weighted by molar-refractivity contribution is 5.89. The van der Waals surface area contributed by atoms with Crippen molar-refractivity contribution in [3.8, 4) is 5.75 Å². The third-order valence-electron chi connectivity index (χ3n) is 8.90. The van der Waals surface area contributed by atoms with Gasteiger partial charge in [-0.05, 0) is 61.6 Å². The highest BCUT2D eigenvalue weighted by atomic mass is 16.5. The summed E-state index contributed by atoms with van der Waals surface area (Å²) in [5.41, 5.74) is 0.967. The Kier molecular flexibility index (Phi) is 4.81. The fraction of sp³-hybridized carbons (Fsp3) is 0.654. The van der Waals surface area contributed by atoms with Crippen LogP contribution in [0.1, 0.15) is 87.6 Å². The molecule has 3 saturated carbocycles. The normalized spacial score (nSPS) is 26.2. The number of carbonyl (C=O) groups is 1. The number of likely N-dealkylation sites (tertiary alicyclic amines) is 1. The zero-order chi connectivity index (χ0) is 21.8. The summed E-state index contributed by atoms with van der Waals surface area (Å²) in [5, 5.41) is 8.89. The van der Waals surface area contributed by atoms with E-state index in [0.29, 0.717) is 17.9 Å². The van der Waals surface area contributed by atoms with Crippen molar-refractivity contribution in [3.63, 3.8) is 0 Å². The number of rotatable bonds is 5. The second-order valence-electron chi connectivity index (χ2n) is 10.7. The third-order valence-corrected chi connectivity index (χ3v) is 8.90. The number of aromatic nitrogens is 3. The Morgan fingerprint density at radius 3 is 2.41 bits per heavy atom. The Bertz CT molecular complexity index is 984. The summed E-state index contributed by atoms with van der Waals surface area (Å²) in [5.74, 6) is 2.64. The number of hydrogen-bond acceptors (Lipinski definition) is 4. The van der Waals surface area contributed by atoms with Crippen LogP contribution in [0, 0.1) is 5.41 Å². The van der Waals surface area contributed by atoms with E-state index in [4.69, 9.17) is 4.74 Å². The van der Waals surface area contributed by atoms with Crippen molar-refractivity contribution in [3.05, 3.63) is 42.0 Å². The lowest BCUT2D eigenvalue weighted by molar-refractivity contribution is -0.138. The van der Waals surface area contributed by atoms with E-state index in [-0.39, 0.29) is 5.41 Å². The van der Waals surface area contributed by atoms with Crippen LogP contribution in [0.3, 0.4) is 0 Å². The zero-order valence-corrected chi connectivity index (χ0v) is 19.1. The quantitative estimate of drug-likeness (QED) is 0.689. The van der Waals surface area contributed by atoms with Crippen LogP contribution < -0.4 is 4.74 Å². The standard InChI is InChI=1S/C26H34N4O2/c1-32-21-10-6-19(7-11-21)26(14-3-2-4-15-26)24(31)29-16-22(25(17-29)12-5-13-25)23-28-27-18-30(23)20-8-9-20/h6-7,10-11,18,20,22H,2-5,8-9,12-17H2,1H3. The lowest BCUT2D eigenvalue weighted by Gasteiger charge is -2.43. The molecule has 1 aromatic carbocycles. The first-order valence-electron chi connectivity index (χ1n) is 12.5. The summed E-state index contributed by atoms with van der Waals surface area (Å²) < 4.78 is 7.70. The highest BCUT2D eigenvalue weighted by Crippen LogP contribution is 2.57. The summed E-state index contributed by atoms with van der Waals surface area (Å²) in [6.07, 6.45) is 13.4. The van der Waals surface area contributed by atoms with Crippen molar-refractivity contribution >= 4 is 5.91 Å². The zero-order valence-electron chi connectivity index (χ0n) is 19.1. The van der Waals surface area contributed by atoms with Gasteiger partial charge in [0.2, 0.25) is 5.91 Å². The molecule has 1 aromatic heterocycles. The summed E-state index contributed by atoms with van der Waals surface area (Å²) in [7, 11) is 1.69. The van der Waals surface area contributed by atoms with Crippen LogP contribution >= 0.6 is 0 Å². The summed E-state index contributed by atoms with van der Waals surface area (Å²) >= 11 is 0. The van der Waals surface area contributed by atoms with E-state index in [2.05, 4.69) is 31.8 Å². The molecule has 0 N–H and O–H groups in total. The first-order chi connectivity index (χ1) is 15.7. The van der Waals surface area contributed by atoms with Crippen molar-refractivity contribution < 1.29 is 9.53 Å². The molecule has 4 fully saturated rings. The molecule has 1 amide bonds. The second-order valence-corrected chi connectivity index (χ2v) is 10.7. The highest BCUT2D eigenvalue weighted by Gasteiger charge is 2.56. The summed E-state index contributed by atoms with van der Waals surface area (Å²) in [6.45, 7) is 1.67. The van der Waals surface area contributed by atoms with Gasteiger partial charge in [-0.3, -0.25) is 4.79 Å². The number of hydrogen-bond donors (Lipinski definition) is 0. The van der Waals surface area contributed by atoms with Gasteiger partial charge in [0.05, 0.1) is 12.5 Å². The van der Waals surface area contributed by atoms with E-state index >= 15 is 0 Å². The Labute approximate surface area is 190 Å². The van der Waals surface area contributed by atoms with Gasteiger partial charge in [-0.25, -0.2) is 0 Å². The first-order valence-corrected chi connectivity index (χ1v) is 12.5. The van der Waals surface area contributed by atoms with Crippen LogP contribution in [0.2, 0.25) is 0 Å². The van der Waals surface area contributed by atoms with Crippen LogP contribution in [-0.2, 0) is 10.2 Å². The Morgan fingerprint density at radius 2 is 1.78 bits per heavy atom. The summed E-state index contributed by atoms with van der Waals surface area (Å²) in [6, 6.07) is 8.84. The Balaban J connectivity index is 1.32. The van der Waals surface area contributed by atoms with Crippen molar-refractivity contribution in [2.75, 3.05) is 20.2 Å². The molecule has 3 aliphatic carbocycles. The van der Waals surface area contributed by atoms with Gasteiger partial charge < -0.3 is 14.2 Å². The maximum atomic E-state index is 14.3. The van der Waals surface area contributed by atoms with Gasteiger partial charge in [-0.1, -0.05) is 37.8 Å². The van der Waals surface area contributed by atoms with E-state index < -0.39 is 5.41 Å². The predicted octanol–water partition coefficient (Wildman–Crippen LogP) is 4.62. The smallest absolute Gasteiger partial charge is 0.233 e. The van der Waals surface area contributed by atoms with E-state index in [1.54, 1.807) is 7.11 Å². The fourth-order valence-electron chi connectivity index (χ4n) is 6.75. The molecule has 4 aliphatic rings. The Hall–Kier alpha value is -2.37. The van der Waals surface area contributed by atoms with Crippen LogP contribution in [-0.4, -0.2) is 45.8 Å². The van der Waals surface area contributed by atoms with Gasteiger partial charge in [0.1, 0.15) is 17.9 Å². The molecule has 170 valence electrons. The van der Waals surface area contributed by atoms with Gasteiger partial charge in [0.15, 0.2) is 0 Å². The minimum absolute atomic E-state index is 0.200. The molecule has 1 unspecified atom stereocenters. The van der Waals surface area contributed by atoms with Gasteiger partial charge in [0, 0.05) is 25.0 Å². The second kappa shape index (κ2) is 7.60. The average Bonchev–Trinajstić information content (AvgIpc) is 3.40. The SMILES string of the molecule is COc1ccc(C2(C(=O)N3CC(c4nncn4C4CC4)C4(CCC4)C3)CCCCC2)cc1. The molecule has 2 aromatic rings. The van der Waals surface area contributed by atoms with E-state index in [0.717, 1.165) is 55.9 Å². The molecule has 1 saturated heterocycles. The average molecular weight is 435 g/mol. The van der Waals surface area contributed by atoms with E-state index in [9.17, 15) is 4.79 Å². The van der Waals surface area contributed by atoms with Gasteiger partial charge in [0.25, 0.3) is 0 Å². The molecule has 2 heterocycles. The summed E-state index contributed by atoms with van der Waals surface area (Å²) in [4.78, 5) is 16.5. The van der Waals surface area contributed by atoms with E-state index in [1.807, 2.05) is 18.5 Å².